The molecule has 0 aromatic heterocycles. The predicted molar refractivity (Wildman–Crippen MR) is 124 cm³/mol. The smallest absolute Gasteiger partial charge is 0.275 e. The Kier molecular flexibility index (Phi) is 7.92. The van der Waals surface area contributed by atoms with Gasteiger partial charge in [0, 0.05) is 5.02 Å². The van der Waals surface area contributed by atoms with Gasteiger partial charge in [-0.2, -0.15) is 5.10 Å². The first kappa shape index (κ1) is 22.7. The van der Waals surface area contributed by atoms with Gasteiger partial charge in [-0.1, -0.05) is 35.9 Å². The molecule has 1 amide bonds. The molecule has 2 N–H and O–H groups in total. The number of hydrogen-bond donors (Lipinski definition) is 2. The van der Waals surface area contributed by atoms with Crippen LogP contribution in [0.1, 0.15) is 28.4 Å². The number of carbonyl (C=O) groups excluding carboxylic acids is 1. The molecule has 0 aliphatic heterocycles. The van der Waals surface area contributed by atoms with Crippen LogP contribution in [0.3, 0.4) is 0 Å². The minimum Gasteiger partial charge on any atom is -0.507 e. The second-order valence-corrected chi connectivity index (χ2v) is 7.69. The number of nitrogens with one attached hydrogen (secondary N) is 1. The van der Waals surface area contributed by atoms with Crippen molar-refractivity contribution in [3.8, 4) is 17.2 Å². The number of ether oxygens (including phenoxy) is 2. The Morgan fingerprint density at radius 3 is 2.61 bits per heavy atom. The molecule has 0 radical (unpaired) electrons. The Labute approximate surface area is 193 Å². The highest BCUT2D eigenvalue weighted by molar-refractivity contribution is 9.10. The van der Waals surface area contributed by atoms with Crippen molar-refractivity contribution >= 4 is 39.7 Å². The highest BCUT2D eigenvalue weighted by Crippen LogP contribution is 2.37. The third kappa shape index (κ3) is 6.23. The van der Waals surface area contributed by atoms with E-state index in [0.717, 1.165) is 5.56 Å². The minimum atomic E-state index is -0.513. The van der Waals surface area contributed by atoms with Crippen LogP contribution in [0.25, 0.3) is 0 Å². The van der Waals surface area contributed by atoms with Gasteiger partial charge in [0.25, 0.3) is 5.91 Å². The average molecular weight is 504 g/mol. The van der Waals surface area contributed by atoms with Gasteiger partial charge in [0.2, 0.25) is 0 Å². The third-order valence-electron chi connectivity index (χ3n) is 4.16. The van der Waals surface area contributed by atoms with Crippen LogP contribution in [0.4, 0.5) is 0 Å². The Balaban J connectivity index is 1.73. The van der Waals surface area contributed by atoms with Gasteiger partial charge in [0.1, 0.15) is 12.4 Å². The normalized spacial score (nSPS) is 10.8. The number of phenols is 1. The first-order chi connectivity index (χ1) is 15.0. The lowest BCUT2D eigenvalue weighted by Crippen LogP contribution is -2.17. The summed E-state index contributed by atoms with van der Waals surface area (Å²) in [5.41, 5.74) is 4.19. The van der Waals surface area contributed by atoms with Crippen LogP contribution in [0.5, 0.6) is 17.2 Å². The summed E-state index contributed by atoms with van der Waals surface area (Å²) in [4.78, 5) is 12.1. The zero-order valence-electron chi connectivity index (χ0n) is 16.6. The molecule has 0 heterocycles. The van der Waals surface area contributed by atoms with Crippen LogP contribution in [-0.2, 0) is 6.61 Å². The van der Waals surface area contributed by atoms with Crippen molar-refractivity contribution in [2.24, 2.45) is 5.10 Å². The van der Waals surface area contributed by atoms with Crippen LogP contribution >= 0.6 is 27.5 Å². The monoisotopic (exact) mass is 502 g/mol. The maximum atomic E-state index is 12.1. The maximum absolute atomic E-state index is 12.1. The van der Waals surface area contributed by atoms with E-state index in [4.69, 9.17) is 21.1 Å². The predicted octanol–water partition coefficient (Wildman–Crippen LogP) is 5.55. The second kappa shape index (κ2) is 10.8. The first-order valence-electron chi connectivity index (χ1n) is 9.43. The molecule has 0 aliphatic rings. The number of carbonyl (C=O) groups is 1. The summed E-state index contributed by atoms with van der Waals surface area (Å²) in [5, 5.41) is 14.4. The topological polar surface area (TPSA) is 80.2 Å². The SMILES string of the molecule is CCOc1cc(C=NNC(=O)c2ccccc2O)cc(Br)c1OCc1ccc(Cl)cc1. The molecule has 3 rings (SSSR count). The first-order valence-corrected chi connectivity index (χ1v) is 10.6. The van der Waals surface area contributed by atoms with Gasteiger partial charge < -0.3 is 14.6 Å². The lowest BCUT2D eigenvalue weighted by atomic mass is 10.2. The van der Waals surface area contributed by atoms with Crippen molar-refractivity contribution in [3.63, 3.8) is 0 Å². The summed E-state index contributed by atoms with van der Waals surface area (Å²) in [7, 11) is 0. The summed E-state index contributed by atoms with van der Waals surface area (Å²) < 4.78 is 12.4. The van der Waals surface area contributed by atoms with Crippen LogP contribution in [-0.4, -0.2) is 23.8 Å². The van der Waals surface area contributed by atoms with Crippen molar-refractivity contribution in [1.82, 2.24) is 5.43 Å². The Morgan fingerprint density at radius 1 is 1.16 bits per heavy atom. The van der Waals surface area contributed by atoms with Gasteiger partial charge in [0.05, 0.1) is 22.9 Å². The van der Waals surface area contributed by atoms with E-state index in [9.17, 15) is 9.90 Å². The molecule has 31 heavy (non-hydrogen) atoms. The minimum absolute atomic E-state index is 0.112. The van der Waals surface area contributed by atoms with Gasteiger partial charge in [-0.25, -0.2) is 5.43 Å². The van der Waals surface area contributed by atoms with Crippen LogP contribution in [0, 0.1) is 0 Å². The molecule has 160 valence electrons. The van der Waals surface area contributed by atoms with Crippen molar-refractivity contribution < 1.29 is 19.4 Å². The van der Waals surface area contributed by atoms with E-state index in [-0.39, 0.29) is 11.3 Å². The number of nitrogens with zero attached hydrogens (tertiary/aromatic N) is 1. The zero-order chi connectivity index (χ0) is 22.2. The van der Waals surface area contributed by atoms with E-state index < -0.39 is 5.91 Å². The van der Waals surface area contributed by atoms with Gasteiger partial charge in [0.15, 0.2) is 11.5 Å². The molecule has 0 atom stereocenters. The molecule has 3 aromatic rings. The molecule has 0 aliphatic carbocycles. The number of aromatic hydroxyl groups is 1. The molecule has 8 heteroatoms. The van der Waals surface area contributed by atoms with Crippen molar-refractivity contribution in [1.29, 1.82) is 0 Å². The van der Waals surface area contributed by atoms with E-state index in [2.05, 4.69) is 26.5 Å². The summed E-state index contributed by atoms with van der Waals surface area (Å²) in [6.07, 6.45) is 1.48. The van der Waals surface area contributed by atoms with E-state index in [1.54, 1.807) is 24.3 Å². The second-order valence-electron chi connectivity index (χ2n) is 6.39. The number of rotatable bonds is 8. The number of hydrazone groups is 1. The molecule has 0 unspecified atom stereocenters. The molecule has 0 spiro atoms. The van der Waals surface area contributed by atoms with Crippen LogP contribution in [0.2, 0.25) is 5.02 Å². The zero-order valence-corrected chi connectivity index (χ0v) is 19.0. The number of hydrogen-bond acceptors (Lipinski definition) is 5. The standard InChI is InChI=1S/C23H20BrClN2O4/c1-2-30-21-12-16(13-26-27-23(29)18-5-3-4-6-20(18)28)11-19(24)22(21)31-14-15-7-9-17(25)10-8-15/h3-13,28H,2,14H2,1H3,(H,27,29). The molecule has 0 fully saturated rings. The largest absolute Gasteiger partial charge is 0.507 e. The molecule has 0 bridgehead atoms. The van der Waals surface area contributed by atoms with Gasteiger partial charge >= 0.3 is 0 Å². The van der Waals surface area contributed by atoms with Crippen molar-refractivity contribution in [2.45, 2.75) is 13.5 Å². The lowest BCUT2D eigenvalue weighted by molar-refractivity contribution is 0.0952. The molecular weight excluding hydrogens is 484 g/mol. The van der Waals surface area contributed by atoms with Gasteiger partial charge in [-0.3, -0.25) is 4.79 Å². The summed E-state index contributed by atoms with van der Waals surface area (Å²) in [6, 6.07) is 17.2. The highest BCUT2D eigenvalue weighted by Gasteiger charge is 2.13. The Morgan fingerprint density at radius 2 is 1.90 bits per heavy atom. The summed E-state index contributed by atoms with van der Waals surface area (Å²) >= 11 is 9.43. The van der Waals surface area contributed by atoms with E-state index in [1.165, 1.54) is 18.3 Å². The Bertz CT molecular complexity index is 1090. The van der Waals surface area contributed by atoms with E-state index in [0.29, 0.717) is 39.8 Å². The van der Waals surface area contributed by atoms with Gasteiger partial charge in [-0.05, 0) is 70.4 Å². The summed E-state index contributed by atoms with van der Waals surface area (Å²) in [5.74, 6) is 0.478. The maximum Gasteiger partial charge on any atom is 0.275 e. The number of halogens is 2. The fraction of sp³-hybridized carbons (Fsp3) is 0.130. The molecule has 3 aromatic carbocycles. The van der Waals surface area contributed by atoms with Crippen molar-refractivity contribution in [2.75, 3.05) is 6.61 Å². The third-order valence-corrected chi connectivity index (χ3v) is 5.00. The van der Waals surface area contributed by atoms with Crippen molar-refractivity contribution in [3.05, 3.63) is 86.8 Å². The highest BCUT2D eigenvalue weighted by atomic mass is 79.9. The molecule has 0 saturated heterocycles. The number of amides is 1. The Hall–Kier alpha value is -3.03. The van der Waals surface area contributed by atoms with Gasteiger partial charge in [-0.15, -0.1) is 0 Å². The quantitative estimate of drug-likeness (QED) is 0.312. The van der Waals surface area contributed by atoms with Crippen LogP contribution in [0.15, 0.2) is 70.2 Å². The van der Waals surface area contributed by atoms with Crippen LogP contribution < -0.4 is 14.9 Å². The van der Waals surface area contributed by atoms with E-state index >= 15 is 0 Å². The summed E-state index contributed by atoms with van der Waals surface area (Å²) in [6.45, 7) is 2.68. The fourth-order valence-electron chi connectivity index (χ4n) is 2.69. The lowest BCUT2D eigenvalue weighted by Gasteiger charge is -2.14. The number of para-hydroxylation sites is 1. The number of benzene rings is 3. The molecule has 0 saturated carbocycles. The average Bonchev–Trinajstić information content (AvgIpc) is 2.75. The van der Waals surface area contributed by atoms with E-state index in [1.807, 2.05) is 31.2 Å². The molecule has 6 nitrogen and oxygen atoms in total. The number of phenolic OH excluding ortho intramolecular Hbond substituents is 1. The fourth-order valence-corrected chi connectivity index (χ4v) is 3.39. The molecular formula is C23H20BrClN2O4.